The number of nitrogens with zero attached hydrogens (tertiary/aromatic N) is 2. The van der Waals surface area contributed by atoms with E-state index in [0.29, 0.717) is 0 Å². The number of nitrogens with one attached hydrogen (secondary N) is 1. The van der Waals surface area contributed by atoms with Crippen LogP contribution < -0.4 is 10.1 Å². The number of ether oxygens (including phenoxy) is 1. The Hall–Kier alpha value is -1.46. The fourth-order valence-corrected chi connectivity index (χ4v) is 3.57. The third-order valence-electron chi connectivity index (χ3n) is 3.68. The molecule has 1 atom stereocenters. The Morgan fingerprint density at radius 3 is 3.15 bits per heavy atom. The lowest BCUT2D eigenvalue weighted by atomic mass is 9.99. The van der Waals surface area contributed by atoms with Gasteiger partial charge in [-0.2, -0.15) is 0 Å². The molecule has 5 heteroatoms. The van der Waals surface area contributed by atoms with Crippen LogP contribution >= 0.6 is 11.5 Å². The highest BCUT2D eigenvalue weighted by molar-refractivity contribution is 7.05. The summed E-state index contributed by atoms with van der Waals surface area (Å²) < 4.78 is 9.97. The highest BCUT2D eigenvalue weighted by Gasteiger charge is 2.25. The minimum absolute atomic E-state index is 0.115. The molecule has 1 N–H and O–H groups in total. The summed E-state index contributed by atoms with van der Waals surface area (Å²) in [5, 5.41) is 7.68. The summed E-state index contributed by atoms with van der Waals surface area (Å²) in [6.45, 7) is 2.95. The Kier molecular flexibility index (Phi) is 3.98. The third-order valence-corrected chi connectivity index (χ3v) is 4.51. The van der Waals surface area contributed by atoms with E-state index in [9.17, 15) is 0 Å². The second-order valence-corrected chi connectivity index (χ2v) is 5.78. The molecular weight excluding hydrogens is 270 g/mol. The molecule has 0 saturated heterocycles. The number of para-hydroxylation sites is 1. The molecule has 0 amide bonds. The summed E-state index contributed by atoms with van der Waals surface area (Å²) in [5.74, 6) is 1.04. The largest absolute Gasteiger partial charge is 0.493 e. The van der Waals surface area contributed by atoms with Gasteiger partial charge in [0.2, 0.25) is 0 Å². The molecule has 106 valence electrons. The van der Waals surface area contributed by atoms with Crippen LogP contribution in [0, 0.1) is 0 Å². The molecule has 1 unspecified atom stereocenters. The summed E-state index contributed by atoms with van der Waals surface area (Å²) in [6, 6.07) is 6.52. The van der Waals surface area contributed by atoms with Gasteiger partial charge in [-0.25, -0.2) is 0 Å². The van der Waals surface area contributed by atoms with Crippen LogP contribution in [0.4, 0.5) is 0 Å². The lowest BCUT2D eigenvalue weighted by Crippen LogP contribution is -2.18. The molecule has 0 saturated carbocycles. The maximum atomic E-state index is 5.83. The van der Waals surface area contributed by atoms with E-state index in [1.807, 2.05) is 7.05 Å². The average molecular weight is 289 g/mol. The van der Waals surface area contributed by atoms with Gasteiger partial charge in [0, 0.05) is 12.0 Å². The Morgan fingerprint density at radius 2 is 2.35 bits per heavy atom. The van der Waals surface area contributed by atoms with Crippen molar-refractivity contribution in [3.63, 3.8) is 0 Å². The van der Waals surface area contributed by atoms with Gasteiger partial charge in [0.05, 0.1) is 23.2 Å². The zero-order valence-electron chi connectivity index (χ0n) is 11.8. The third kappa shape index (κ3) is 2.31. The first-order valence-electron chi connectivity index (χ1n) is 7.08. The molecular formula is C15H19N3OS. The molecule has 2 aromatic rings. The topological polar surface area (TPSA) is 47.0 Å². The molecule has 3 rings (SSSR count). The van der Waals surface area contributed by atoms with Crippen LogP contribution in [0.3, 0.4) is 0 Å². The van der Waals surface area contributed by atoms with E-state index in [1.54, 1.807) is 0 Å². The molecule has 0 spiro atoms. The van der Waals surface area contributed by atoms with Crippen molar-refractivity contribution in [2.45, 2.75) is 32.2 Å². The number of fused-ring (bicyclic) bond motifs is 1. The average Bonchev–Trinajstić information content (AvgIpc) is 3.10. The van der Waals surface area contributed by atoms with Gasteiger partial charge in [0.25, 0.3) is 0 Å². The van der Waals surface area contributed by atoms with E-state index in [0.717, 1.165) is 37.3 Å². The number of rotatable bonds is 5. The Labute approximate surface area is 123 Å². The van der Waals surface area contributed by atoms with Gasteiger partial charge in [-0.3, -0.25) is 0 Å². The van der Waals surface area contributed by atoms with E-state index in [2.05, 4.69) is 40.0 Å². The van der Waals surface area contributed by atoms with Crippen molar-refractivity contribution in [1.29, 1.82) is 0 Å². The smallest absolute Gasteiger partial charge is 0.127 e. The molecule has 1 aromatic carbocycles. The van der Waals surface area contributed by atoms with Crippen molar-refractivity contribution in [3.05, 3.63) is 39.9 Å². The predicted molar refractivity (Wildman–Crippen MR) is 80.4 cm³/mol. The second kappa shape index (κ2) is 5.89. The van der Waals surface area contributed by atoms with E-state index in [-0.39, 0.29) is 6.04 Å². The summed E-state index contributed by atoms with van der Waals surface area (Å²) in [4.78, 5) is 1.21. The summed E-state index contributed by atoms with van der Waals surface area (Å²) >= 11 is 1.48. The predicted octanol–water partition coefficient (Wildman–Crippen LogP) is 2.73. The standard InChI is InChI=1S/C15H19N3OS/c1-3-5-12-15(20-18-17-12)13(16-2)11-7-4-6-10-8-9-19-14(10)11/h4,6-7,13,16H,3,5,8-9H2,1-2H3. The Morgan fingerprint density at radius 1 is 1.45 bits per heavy atom. The van der Waals surface area contributed by atoms with Gasteiger partial charge in [0.1, 0.15) is 5.75 Å². The summed E-state index contributed by atoms with van der Waals surface area (Å²) in [7, 11) is 1.98. The molecule has 0 radical (unpaired) electrons. The number of aryl methyl sites for hydroxylation is 1. The zero-order valence-corrected chi connectivity index (χ0v) is 12.7. The van der Waals surface area contributed by atoms with Crippen LogP contribution in [0.5, 0.6) is 5.75 Å². The van der Waals surface area contributed by atoms with Gasteiger partial charge in [-0.15, -0.1) is 5.10 Å². The number of benzene rings is 1. The Bertz CT molecular complexity index is 597. The van der Waals surface area contributed by atoms with E-state index >= 15 is 0 Å². The maximum Gasteiger partial charge on any atom is 0.127 e. The normalized spacial score (nSPS) is 14.9. The van der Waals surface area contributed by atoms with Gasteiger partial charge in [-0.1, -0.05) is 36.0 Å². The monoisotopic (exact) mass is 289 g/mol. The quantitative estimate of drug-likeness (QED) is 0.919. The van der Waals surface area contributed by atoms with Crippen molar-refractivity contribution in [3.8, 4) is 5.75 Å². The van der Waals surface area contributed by atoms with Crippen molar-refractivity contribution in [2.24, 2.45) is 0 Å². The van der Waals surface area contributed by atoms with E-state index in [4.69, 9.17) is 4.74 Å². The first-order valence-corrected chi connectivity index (χ1v) is 7.85. The van der Waals surface area contributed by atoms with E-state index in [1.165, 1.54) is 27.5 Å². The first-order chi connectivity index (χ1) is 9.85. The Balaban J connectivity index is 2.02. The van der Waals surface area contributed by atoms with Crippen molar-refractivity contribution >= 4 is 11.5 Å². The van der Waals surface area contributed by atoms with E-state index < -0.39 is 0 Å². The highest BCUT2D eigenvalue weighted by atomic mass is 32.1. The van der Waals surface area contributed by atoms with Crippen LogP contribution in [-0.4, -0.2) is 23.2 Å². The SMILES string of the molecule is CCCc1nnsc1C(NC)c1cccc2c1OCC2. The highest BCUT2D eigenvalue weighted by Crippen LogP contribution is 2.37. The van der Waals surface area contributed by atoms with Gasteiger partial charge in [-0.05, 0) is 30.6 Å². The molecule has 1 aliphatic heterocycles. The van der Waals surface area contributed by atoms with Crippen molar-refractivity contribution < 1.29 is 4.74 Å². The van der Waals surface area contributed by atoms with Gasteiger partial charge < -0.3 is 10.1 Å². The maximum absolute atomic E-state index is 5.83. The van der Waals surface area contributed by atoms with Crippen molar-refractivity contribution in [1.82, 2.24) is 14.9 Å². The molecule has 1 aromatic heterocycles. The molecule has 1 aliphatic rings. The molecule has 4 nitrogen and oxygen atoms in total. The zero-order chi connectivity index (χ0) is 13.9. The number of hydrogen-bond acceptors (Lipinski definition) is 5. The minimum Gasteiger partial charge on any atom is -0.493 e. The number of hydrogen-bond donors (Lipinski definition) is 1. The molecule has 20 heavy (non-hydrogen) atoms. The van der Waals surface area contributed by atoms with Crippen LogP contribution in [0.15, 0.2) is 18.2 Å². The number of aromatic nitrogens is 2. The lowest BCUT2D eigenvalue weighted by Gasteiger charge is -2.18. The summed E-state index contributed by atoms with van der Waals surface area (Å²) in [5.41, 5.74) is 3.61. The van der Waals surface area contributed by atoms with Crippen LogP contribution in [0.25, 0.3) is 0 Å². The molecule has 0 bridgehead atoms. The van der Waals surface area contributed by atoms with Gasteiger partial charge in [0.15, 0.2) is 0 Å². The lowest BCUT2D eigenvalue weighted by molar-refractivity contribution is 0.351. The molecule has 2 heterocycles. The fraction of sp³-hybridized carbons (Fsp3) is 0.467. The molecule has 0 fully saturated rings. The minimum atomic E-state index is 0.115. The van der Waals surface area contributed by atoms with Crippen LogP contribution in [0.2, 0.25) is 0 Å². The van der Waals surface area contributed by atoms with Crippen LogP contribution in [-0.2, 0) is 12.8 Å². The van der Waals surface area contributed by atoms with Crippen LogP contribution in [0.1, 0.15) is 41.1 Å². The summed E-state index contributed by atoms with van der Waals surface area (Å²) in [6.07, 6.45) is 3.06. The van der Waals surface area contributed by atoms with Crippen molar-refractivity contribution in [2.75, 3.05) is 13.7 Å². The van der Waals surface area contributed by atoms with Gasteiger partial charge >= 0.3 is 0 Å². The first kappa shape index (κ1) is 13.5. The fourth-order valence-electron chi connectivity index (χ4n) is 2.74. The molecule has 0 aliphatic carbocycles. The second-order valence-electron chi connectivity index (χ2n) is 4.99.